The SMILES string of the molecule is CN1CCN(C(=O)c2cccc(N)c2Br)C(C)(C)C1=O. The molecule has 0 spiro atoms. The Morgan fingerprint density at radius 3 is 2.65 bits per heavy atom. The zero-order chi connectivity index (χ0) is 15.1. The molecule has 0 unspecified atom stereocenters. The highest BCUT2D eigenvalue weighted by Gasteiger charge is 2.43. The van der Waals surface area contributed by atoms with Crippen LogP contribution in [-0.4, -0.2) is 47.3 Å². The lowest BCUT2D eigenvalue weighted by Crippen LogP contribution is -2.63. The fraction of sp³-hybridized carbons (Fsp3) is 0.429. The van der Waals surface area contributed by atoms with Crippen LogP contribution in [0.2, 0.25) is 0 Å². The van der Waals surface area contributed by atoms with E-state index < -0.39 is 5.54 Å². The standard InChI is InChI=1S/C14H18BrN3O2/c1-14(2)13(20)17(3)7-8-18(14)12(19)9-5-4-6-10(16)11(9)15/h4-6H,7-8,16H2,1-3H3. The third-order valence-corrected chi connectivity index (χ3v) is 4.59. The van der Waals surface area contributed by atoms with Crippen LogP contribution >= 0.6 is 15.9 Å². The average Bonchev–Trinajstić information content (AvgIpc) is 2.39. The second-order valence-corrected chi connectivity index (χ2v) is 6.24. The maximum Gasteiger partial charge on any atom is 0.256 e. The molecule has 108 valence electrons. The van der Waals surface area contributed by atoms with Gasteiger partial charge < -0.3 is 15.5 Å². The smallest absolute Gasteiger partial charge is 0.256 e. The van der Waals surface area contributed by atoms with Crippen molar-refractivity contribution in [3.05, 3.63) is 28.2 Å². The lowest BCUT2D eigenvalue weighted by atomic mass is 9.96. The van der Waals surface area contributed by atoms with E-state index in [1.54, 1.807) is 48.9 Å². The molecule has 1 aliphatic rings. The largest absolute Gasteiger partial charge is 0.398 e. The average molecular weight is 340 g/mol. The Bertz CT molecular complexity index is 572. The molecule has 1 heterocycles. The minimum atomic E-state index is -0.853. The highest BCUT2D eigenvalue weighted by molar-refractivity contribution is 9.10. The Balaban J connectivity index is 2.38. The van der Waals surface area contributed by atoms with Gasteiger partial charge in [-0.05, 0) is 41.9 Å². The molecule has 2 rings (SSSR count). The van der Waals surface area contributed by atoms with Crippen LogP contribution in [0.3, 0.4) is 0 Å². The van der Waals surface area contributed by atoms with Crippen molar-refractivity contribution in [2.24, 2.45) is 0 Å². The zero-order valence-corrected chi connectivity index (χ0v) is 13.4. The second-order valence-electron chi connectivity index (χ2n) is 5.45. The number of carbonyl (C=O) groups is 2. The van der Waals surface area contributed by atoms with Crippen molar-refractivity contribution in [1.29, 1.82) is 0 Å². The van der Waals surface area contributed by atoms with E-state index >= 15 is 0 Å². The van der Waals surface area contributed by atoms with Gasteiger partial charge in [-0.15, -0.1) is 0 Å². The summed E-state index contributed by atoms with van der Waals surface area (Å²) in [4.78, 5) is 28.2. The van der Waals surface area contributed by atoms with Crippen LogP contribution in [0, 0.1) is 0 Å². The van der Waals surface area contributed by atoms with Gasteiger partial charge in [0.05, 0.1) is 10.0 Å². The molecule has 1 fully saturated rings. The Morgan fingerprint density at radius 1 is 1.35 bits per heavy atom. The number of piperazine rings is 1. The van der Waals surface area contributed by atoms with Crippen LogP contribution in [-0.2, 0) is 4.79 Å². The maximum absolute atomic E-state index is 12.7. The topological polar surface area (TPSA) is 66.6 Å². The maximum atomic E-state index is 12.7. The molecule has 1 aromatic carbocycles. The first-order valence-electron chi connectivity index (χ1n) is 6.38. The van der Waals surface area contributed by atoms with Crippen molar-refractivity contribution in [3.8, 4) is 0 Å². The highest BCUT2D eigenvalue weighted by atomic mass is 79.9. The van der Waals surface area contributed by atoms with E-state index in [9.17, 15) is 9.59 Å². The van der Waals surface area contributed by atoms with Crippen LogP contribution < -0.4 is 5.73 Å². The fourth-order valence-corrected chi connectivity index (χ4v) is 2.86. The molecular formula is C14H18BrN3O2. The number of halogens is 1. The molecule has 20 heavy (non-hydrogen) atoms. The molecule has 1 saturated heterocycles. The summed E-state index contributed by atoms with van der Waals surface area (Å²) in [6.45, 7) is 4.58. The van der Waals surface area contributed by atoms with E-state index in [1.165, 1.54) is 0 Å². The van der Waals surface area contributed by atoms with Crippen molar-refractivity contribution < 1.29 is 9.59 Å². The molecule has 1 aliphatic heterocycles. The predicted octanol–water partition coefficient (Wildman–Crippen LogP) is 1.72. The van der Waals surface area contributed by atoms with Crippen LogP contribution in [0.15, 0.2) is 22.7 Å². The Hall–Kier alpha value is -1.56. The minimum absolute atomic E-state index is 0.0582. The van der Waals surface area contributed by atoms with E-state index in [0.29, 0.717) is 28.8 Å². The van der Waals surface area contributed by atoms with Gasteiger partial charge in [0.1, 0.15) is 5.54 Å². The van der Waals surface area contributed by atoms with E-state index in [-0.39, 0.29) is 11.8 Å². The molecule has 0 radical (unpaired) electrons. The van der Waals surface area contributed by atoms with Gasteiger partial charge in [0.15, 0.2) is 0 Å². The lowest BCUT2D eigenvalue weighted by molar-refractivity contribution is -0.144. The summed E-state index contributed by atoms with van der Waals surface area (Å²) in [5.74, 6) is -0.243. The molecule has 1 aromatic rings. The molecule has 6 heteroatoms. The van der Waals surface area contributed by atoms with Crippen molar-refractivity contribution in [2.45, 2.75) is 19.4 Å². The number of nitrogens with two attached hydrogens (primary N) is 1. The number of likely N-dealkylation sites (N-methyl/N-ethyl adjacent to an activating group) is 1. The third kappa shape index (κ3) is 2.28. The molecule has 0 aliphatic carbocycles. The summed E-state index contributed by atoms with van der Waals surface area (Å²) < 4.78 is 0.576. The zero-order valence-electron chi connectivity index (χ0n) is 11.8. The fourth-order valence-electron chi connectivity index (χ4n) is 2.43. The van der Waals surface area contributed by atoms with Crippen molar-refractivity contribution >= 4 is 33.4 Å². The van der Waals surface area contributed by atoms with Gasteiger partial charge in [0.25, 0.3) is 5.91 Å². The quantitative estimate of drug-likeness (QED) is 0.792. The van der Waals surface area contributed by atoms with Crippen LogP contribution in [0.25, 0.3) is 0 Å². The predicted molar refractivity (Wildman–Crippen MR) is 81.3 cm³/mol. The molecule has 2 N–H and O–H groups in total. The van der Waals surface area contributed by atoms with Crippen molar-refractivity contribution in [1.82, 2.24) is 9.80 Å². The molecule has 0 aromatic heterocycles. The highest BCUT2D eigenvalue weighted by Crippen LogP contribution is 2.29. The first-order chi connectivity index (χ1) is 9.26. The van der Waals surface area contributed by atoms with Crippen LogP contribution in [0.5, 0.6) is 0 Å². The van der Waals surface area contributed by atoms with E-state index in [0.717, 1.165) is 0 Å². The third-order valence-electron chi connectivity index (χ3n) is 3.71. The number of anilines is 1. The number of nitrogens with zero attached hydrogens (tertiary/aromatic N) is 2. The molecule has 2 amide bonds. The molecule has 0 atom stereocenters. The molecule has 0 saturated carbocycles. The number of rotatable bonds is 1. The Labute approximate surface area is 126 Å². The van der Waals surface area contributed by atoms with Gasteiger partial charge in [-0.3, -0.25) is 9.59 Å². The van der Waals surface area contributed by atoms with Gasteiger partial charge in [-0.2, -0.15) is 0 Å². The number of benzene rings is 1. The number of hydrogen-bond donors (Lipinski definition) is 1. The molecule has 5 nitrogen and oxygen atoms in total. The number of carbonyl (C=O) groups excluding carboxylic acids is 2. The molecule has 0 bridgehead atoms. The van der Waals surface area contributed by atoms with Gasteiger partial charge in [-0.25, -0.2) is 0 Å². The Morgan fingerprint density at radius 2 is 2.00 bits per heavy atom. The lowest BCUT2D eigenvalue weighted by Gasteiger charge is -2.44. The van der Waals surface area contributed by atoms with Gasteiger partial charge >= 0.3 is 0 Å². The minimum Gasteiger partial charge on any atom is -0.398 e. The summed E-state index contributed by atoms with van der Waals surface area (Å²) in [5.41, 5.74) is 5.95. The van der Waals surface area contributed by atoms with Crippen molar-refractivity contribution in [3.63, 3.8) is 0 Å². The number of nitrogen functional groups attached to an aromatic ring is 1. The second kappa shape index (κ2) is 5.09. The van der Waals surface area contributed by atoms with Crippen LogP contribution in [0.1, 0.15) is 24.2 Å². The van der Waals surface area contributed by atoms with Gasteiger partial charge in [0.2, 0.25) is 5.91 Å². The summed E-state index contributed by atoms with van der Waals surface area (Å²) in [6.07, 6.45) is 0. The summed E-state index contributed by atoms with van der Waals surface area (Å²) in [7, 11) is 1.75. The first-order valence-corrected chi connectivity index (χ1v) is 7.17. The van der Waals surface area contributed by atoms with E-state index in [2.05, 4.69) is 15.9 Å². The van der Waals surface area contributed by atoms with E-state index in [1.807, 2.05) is 0 Å². The van der Waals surface area contributed by atoms with E-state index in [4.69, 9.17) is 5.73 Å². The normalized spacial score (nSPS) is 18.3. The Kier molecular flexibility index (Phi) is 3.77. The number of hydrogen-bond acceptors (Lipinski definition) is 3. The number of amides is 2. The summed E-state index contributed by atoms with van der Waals surface area (Å²) in [5, 5.41) is 0. The summed E-state index contributed by atoms with van der Waals surface area (Å²) >= 11 is 3.34. The van der Waals surface area contributed by atoms with Gasteiger partial charge in [-0.1, -0.05) is 6.07 Å². The first kappa shape index (κ1) is 14.8. The van der Waals surface area contributed by atoms with Crippen LogP contribution in [0.4, 0.5) is 5.69 Å². The molecular weight excluding hydrogens is 322 g/mol. The monoisotopic (exact) mass is 339 g/mol. The summed E-state index contributed by atoms with van der Waals surface area (Å²) in [6, 6.07) is 5.17. The van der Waals surface area contributed by atoms with Crippen molar-refractivity contribution in [2.75, 3.05) is 25.9 Å². The van der Waals surface area contributed by atoms with Gasteiger partial charge in [0, 0.05) is 25.8 Å².